The molecule has 1 N–H and O–H groups in total. The lowest BCUT2D eigenvalue weighted by Gasteiger charge is -2.26. The van der Waals surface area contributed by atoms with E-state index in [1.807, 2.05) is 0 Å². The summed E-state index contributed by atoms with van der Waals surface area (Å²) in [5, 5.41) is 2.62. The van der Waals surface area contributed by atoms with Crippen LogP contribution in [0.4, 0.5) is 0 Å². The number of nitrogens with one attached hydrogen (secondary N) is 1. The Bertz CT molecular complexity index is 695. The van der Waals surface area contributed by atoms with Gasteiger partial charge in [0.1, 0.15) is 5.75 Å². The normalized spacial score (nSPS) is 15.7. The van der Waals surface area contributed by atoms with E-state index in [0.717, 1.165) is 19.3 Å². The molecule has 0 saturated carbocycles. The fourth-order valence-corrected chi connectivity index (χ4v) is 4.18. The molecule has 1 fully saturated rings. The summed E-state index contributed by atoms with van der Waals surface area (Å²) in [7, 11) is -3.46. The average Bonchev–Trinajstić information content (AvgIpc) is 2.59. The molecular formula is C17H24N2O4S. The highest BCUT2D eigenvalue weighted by atomic mass is 32.2. The molecule has 0 aromatic heterocycles. The second kappa shape index (κ2) is 8.30. The number of benzene rings is 1. The fourth-order valence-electron chi connectivity index (χ4n) is 2.58. The average molecular weight is 352 g/mol. The first-order valence-electron chi connectivity index (χ1n) is 8.06. The Morgan fingerprint density at radius 2 is 2.04 bits per heavy atom. The number of piperidine rings is 1. The number of nitrogens with zero attached hydrogens (tertiary/aromatic N) is 1. The Kier molecular flexibility index (Phi) is 6.39. The Labute approximate surface area is 143 Å². The van der Waals surface area contributed by atoms with Crippen LogP contribution >= 0.6 is 0 Å². The molecule has 0 aliphatic carbocycles. The zero-order chi connectivity index (χ0) is 17.6. The number of carbonyl (C=O) groups excluding carboxylic acids is 1. The second-order valence-corrected chi connectivity index (χ2v) is 7.71. The van der Waals surface area contributed by atoms with E-state index in [1.54, 1.807) is 25.1 Å². The van der Waals surface area contributed by atoms with Crippen molar-refractivity contribution in [3.8, 4) is 5.75 Å². The number of aryl methyl sites for hydroxylation is 1. The van der Waals surface area contributed by atoms with E-state index in [-0.39, 0.29) is 17.4 Å². The van der Waals surface area contributed by atoms with Crippen LogP contribution in [0.5, 0.6) is 5.75 Å². The lowest BCUT2D eigenvalue weighted by Crippen LogP contribution is -2.35. The topological polar surface area (TPSA) is 75.7 Å². The third kappa shape index (κ3) is 4.58. The zero-order valence-corrected chi connectivity index (χ0v) is 14.8. The fraction of sp³-hybridized carbons (Fsp3) is 0.471. The molecule has 2 rings (SSSR count). The standard InChI is InChI=1S/C17H24N2O4S/c1-3-9-18-17(20)13-23-16-8-7-15(12-14(16)2)24(21,22)19-10-5-4-6-11-19/h3,7-8,12H,1,4-6,9-11,13H2,2H3,(H,18,20). The van der Waals surface area contributed by atoms with Crippen LogP contribution in [-0.2, 0) is 14.8 Å². The number of hydrogen-bond donors (Lipinski definition) is 1. The predicted octanol–water partition coefficient (Wildman–Crippen LogP) is 1.85. The second-order valence-electron chi connectivity index (χ2n) is 5.77. The van der Waals surface area contributed by atoms with Crippen molar-refractivity contribution in [2.75, 3.05) is 26.2 Å². The summed E-state index contributed by atoms with van der Waals surface area (Å²) >= 11 is 0. The van der Waals surface area contributed by atoms with E-state index in [2.05, 4.69) is 11.9 Å². The smallest absolute Gasteiger partial charge is 0.258 e. The van der Waals surface area contributed by atoms with Crippen molar-refractivity contribution in [3.63, 3.8) is 0 Å². The first-order valence-corrected chi connectivity index (χ1v) is 9.50. The molecule has 0 radical (unpaired) electrons. The lowest BCUT2D eigenvalue weighted by molar-refractivity contribution is -0.122. The molecule has 1 aromatic carbocycles. The molecule has 1 aromatic rings. The van der Waals surface area contributed by atoms with Crippen molar-refractivity contribution >= 4 is 15.9 Å². The summed E-state index contributed by atoms with van der Waals surface area (Å²) in [6, 6.07) is 4.74. The number of sulfonamides is 1. The number of rotatable bonds is 7. The van der Waals surface area contributed by atoms with Crippen molar-refractivity contribution in [3.05, 3.63) is 36.4 Å². The van der Waals surface area contributed by atoms with Crippen molar-refractivity contribution in [1.29, 1.82) is 0 Å². The number of ether oxygens (including phenoxy) is 1. The van der Waals surface area contributed by atoms with Gasteiger partial charge in [-0.2, -0.15) is 4.31 Å². The summed E-state index contributed by atoms with van der Waals surface area (Å²) in [6.07, 6.45) is 4.47. The quantitative estimate of drug-likeness (QED) is 0.760. The Morgan fingerprint density at radius 1 is 1.33 bits per heavy atom. The summed E-state index contributed by atoms with van der Waals surface area (Å²) in [5.74, 6) is 0.251. The van der Waals surface area contributed by atoms with E-state index >= 15 is 0 Å². The van der Waals surface area contributed by atoms with E-state index in [4.69, 9.17) is 4.74 Å². The van der Waals surface area contributed by atoms with Crippen molar-refractivity contribution in [1.82, 2.24) is 9.62 Å². The van der Waals surface area contributed by atoms with Crippen LogP contribution in [0.25, 0.3) is 0 Å². The van der Waals surface area contributed by atoms with Gasteiger partial charge in [0.15, 0.2) is 6.61 Å². The highest BCUT2D eigenvalue weighted by Crippen LogP contribution is 2.25. The van der Waals surface area contributed by atoms with Crippen LogP contribution < -0.4 is 10.1 Å². The maximum Gasteiger partial charge on any atom is 0.258 e. The van der Waals surface area contributed by atoms with Gasteiger partial charge in [-0.1, -0.05) is 12.5 Å². The number of hydrogen-bond acceptors (Lipinski definition) is 4. The van der Waals surface area contributed by atoms with Crippen molar-refractivity contribution in [2.45, 2.75) is 31.1 Å². The molecule has 0 unspecified atom stereocenters. The van der Waals surface area contributed by atoms with Gasteiger partial charge in [-0.05, 0) is 43.5 Å². The first-order chi connectivity index (χ1) is 11.4. The first kappa shape index (κ1) is 18.5. The maximum atomic E-state index is 12.6. The van der Waals surface area contributed by atoms with Gasteiger partial charge in [-0.25, -0.2) is 8.42 Å². The van der Waals surface area contributed by atoms with Crippen LogP contribution in [0.1, 0.15) is 24.8 Å². The van der Waals surface area contributed by atoms with Gasteiger partial charge in [-0.3, -0.25) is 4.79 Å². The van der Waals surface area contributed by atoms with Gasteiger partial charge in [0.05, 0.1) is 4.90 Å². The Hall–Kier alpha value is -1.86. The molecule has 0 spiro atoms. The SMILES string of the molecule is C=CCNC(=O)COc1ccc(S(=O)(=O)N2CCCCC2)cc1C. The monoisotopic (exact) mass is 352 g/mol. The molecule has 1 aliphatic rings. The van der Waals surface area contributed by atoms with Crippen LogP contribution in [0.3, 0.4) is 0 Å². The maximum absolute atomic E-state index is 12.6. The molecule has 6 nitrogen and oxygen atoms in total. The third-order valence-electron chi connectivity index (χ3n) is 3.90. The molecule has 0 atom stereocenters. The zero-order valence-electron chi connectivity index (χ0n) is 14.0. The van der Waals surface area contributed by atoms with Crippen molar-refractivity contribution in [2.24, 2.45) is 0 Å². The number of carbonyl (C=O) groups is 1. The summed E-state index contributed by atoms with van der Waals surface area (Å²) in [4.78, 5) is 11.8. The van der Waals surface area contributed by atoms with Gasteiger partial charge in [0.2, 0.25) is 10.0 Å². The van der Waals surface area contributed by atoms with Crippen LogP contribution in [0, 0.1) is 6.92 Å². The highest BCUT2D eigenvalue weighted by Gasteiger charge is 2.26. The molecule has 7 heteroatoms. The molecule has 0 bridgehead atoms. The molecule has 1 aliphatic heterocycles. The molecule has 24 heavy (non-hydrogen) atoms. The highest BCUT2D eigenvalue weighted by molar-refractivity contribution is 7.89. The van der Waals surface area contributed by atoms with Crippen LogP contribution in [0.2, 0.25) is 0 Å². The van der Waals surface area contributed by atoms with Gasteiger partial charge >= 0.3 is 0 Å². The van der Waals surface area contributed by atoms with Gasteiger partial charge in [-0.15, -0.1) is 6.58 Å². The molecular weight excluding hydrogens is 328 g/mol. The van der Waals surface area contributed by atoms with Gasteiger partial charge in [0, 0.05) is 19.6 Å². The Balaban J connectivity index is 2.06. The van der Waals surface area contributed by atoms with E-state index in [0.29, 0.717) is 30.9 Å². The molecule has 1 heterocycles. The van der Waals surface area contributed by atoms with E-state index in [1.165, 1.54) is 10.4 Å². The summed E-state index contributed by atoms with van der Waals surface area (Å²) in [6.45, 7) is 6.70. The van der Waals surface area contributed by atoms with E-state index < -0.39 is 10.0 Å². The lowest BCUT2D eigenvalue weighted by atomic mass is 10.2. The Morgan fingerprint density at radius 3 is 2.67 bits per heavy atom. The van der Waals surface area contributed by atoms with Crippen LogP contribution in [-0.4, -0.2) is 44.9 Å². The van der Waals surface area contributed by atoms with E-state index in [9.17, 15) is 13.2 Å². The predicted molar refractivity (Wildman–Crippen MR) is 92.5 cm³/mol. The molecule has 1 saturated heterocycles. The minimum atomic E-state index is -3.46. The van der Waals surface area contributed by atoms with Gasteiger partial charge < -0.3 is 10.1 Å². The summed E-state index contributed by atoms with van der Waals surface area (Å²) in [5.41, 5.74) is 0.685. The largest absolute Gasteiger partial charge is 0.484 e. The minimum absolute atomic E-state index is 0.118. The van der Waals surface area contributed by atoms with Gasteiger partial charge in [0.25, 0.3) is 5.91 Å². The van der Waals surface area contributed by atoms with Crippen LogP contribution in [0.15, 0.2) is 35.7 Å². The van der Waals surface area contributed by atoms with Crippen molar-refractivity contribution < 1.29 is 17.9 Å². The molecule has 132 valence electrons. The minimum Gasteiger partial charge on any atom is -0.484 e. The molecule has 1 amide bonds. The number of amides is 1. The summed E-state index contributed by atoms with van der Waals surface area (Å²) < 4.78 is 32.3. The third-order valence-corrected chi connectivity index (χ3v) is 5.80.